The maximum atomic E-state index is 15.8. The Hall–Kier alpha value is -3.23. The summed E-state index contributed by atoms with van der Waals surface area (Å²) in [6.45, 7) is 4.96. The Labute approximate surface area is 226 Å². The lowest BCUT2D eigenvalue weighted by Crippen LogP contribution is -2.55. The topological polar surface area (TPSA) is 32.8 Å². The van der Waals surface area contributed by atoms with Crippen molar-refractivity contribution in [1.29, 1.82) is 0 Å². The number of morpholine rings is 1. The molecule has 0 aliphatic carbocycles. The Bertz CT molecular complexity index is 1280. The first-order valence-electron chi connectivity index (χ1n) is 13.4. The zero-order valence-corrected chi connectivity index (χ0v) is 21.9. The molecule has 206 valence electrons. The van der Waals surface area contributed by atoms with Gasteiger partial charge < -0.3 is 9.64 Å². The second-order valence-corrected chi connectivity index (χ2v) is 10.4. The van der Waals surface area contributed by atoms with Crippen molar-refractivity contribution in [2.45, 2.75) is 25.2 Å². The summed E-state index contributed by atoms with van der Waals surface area (Å²) in [6.07, 6.45) is 1.49. The molecule has 5 rings (SSSR count). The van der Waals surface area contributed by atoms with Crippen LogP contribution in [0.5, 0.6) is 0 Å². The highest BCUT2D eigenvalue weighted by Gasteiger charge is 2.53. The van der Waals surface area contributed by atoms with E-state index in [4.69, 9.17) is 4.74 Å². The Kier molecular flexibility index (Phi) is 8.05. The average molecular weight is 541 g/mol. The lowest BCUT2D eigenvalue weighted by Gasteiger charge is -2.43. The minimum Gasteiger partial charge on any atom is -0.379 e. The van der Waals surface area contributed by atoms with Gasteiger partial charge in [0.05, 0.1) is 13.2 Å². The van der Waals surface area contributed by atoms with Crippen molar-refractivity contribution in [1.82, 2.24) is 9.80 Å². The van der Waals surface area contributed by atoms with Crippen LogP contribution < -0.4 is 0 Å². The third-order valence-electron chi connectivity index (χ3n) is 8.06. The molecule has 2 aliphatic heterocycles. The van der Waals surface area contributed by atoms with E-state index < -0.39 is 46.1 Å². The second kappa shape index (κ2) is 11.5. The Morgan fingerprint density at radius 2 is 1.41 bits per heavy atom. The molecule has 0 unspecified atom stereocenters. The molecule has 2 fully saturated rings. The van der Waals surface area contributed by atoms with Crippen molar-refractivity contribution >= 4 is 5.91 Å². The van der Waals surface area contributed by atoms with E-state index in [1.807, 2.05) is 30.3 Å². The minimum absolute atomic E-state index is 0.199. The molecule has 0 aromatic heterocycles. The maximum absolute atomic E-state index is 15.8. The summed E-state index contributed by atoms with van der Waals surface area (Å²) in [6, 6.07) is 16.6. The van der Waals surface area contributed by atoms with Crippen molar-refractivity contribution in [3.05, 3.63) is 95.1 Å². The summed E-state index contributed by atoms with van der Waals surface area (Å²) in [7, 11) is 0. The largest absolute Gasteiger partial charge is 0.379 e. The number of ether oxygens (including phenoxy) is 1. The summed E-state index contributed by atoms with van der Waals surface area (Å²) in [5, 5.41) is 0. The molecular weight excluding hydrogens is 508 g/mol. The van der Waals surface area contributed by atoms with Crippen molar-refractivity contribution in [2.24, 2.45) is 5.92 Å². The van der Waals surface area contributed by atoms with Crippen molar-refractivity contribution in [3.8, 4) is 11.1 Å². The van der Waals surface area contributed by atoms with Gasteiger partial charge >= 0.3 is 0 Å². The monoisotopic (exact) mass is 540 g/mol. The molecule has 0 saturated carbocycles. The fraction of sp³-hybridized carbons (Fsp3) is 0.387. The summed E-state index contributed by atoms with van der Waals surface area (Å²) >= 11 is 0. The standard InChI is InChI=1S/C31H32F4N2O2/c1-21(20-36-15-17-39-18-16-36)31(30(38)37-13-5-6-14-37,27-28(34)25(32)19-26(33)29(27)35)24-11-9-23(10-12-24)22-7-3-2-4-8-22/h2-4,7-12,19,21H,5-6,13-18,20H2,1H3/t21-,31-/m0/s1. The quantitative estimate of drug-likeness (QED) is 0.281. The van der Waals surface area contributed by atoms with Crippen LogP contribution in [0.4, 0.5) is 17.6 Å². The molecule has 4 nitrogen and oxygen atoms in total. The highest BCUT2D eigenvalue weighted by atomic mass is 19.2. The molecule has 2 aliphatic rings. The van der Waals surface area contributed by atoms with Crippen LogP contribution in [-0.4, -0.2) is 61.6 Å². The second-order valence-electron chi connectivity index (χ2n) is 10.4. The van der Waals surface area contributed by atoms with Gasteiger partial charge in [0, 0.05) is 44.4 Å². The van der Waals surface area contributed by atoms with Gasteiger partial charge in [0.15, 0.2) is 23.3 Å². The van der Waals surface area contributed by atoms with Crippen molar-refractivity contribution in [3.63, 3.8) is 0 Å². The molecule has 3 aromatic carbocycles. The normalized spacial score (nSPS) is 18.6. The Balaban J connectivity index is 1.74. The highest BCUT2D eigenvalue weighted by molar-refractivity contribution is 5.93. The van der Waals surface area contributed by atoms with E-state index >= 15 is 8.78 Å². The van der Waals surface area contributed by atoms with E-state index in [0.717, 1.165) is 24.0 Å². The third-order valence-corrected chi connectivity index (χ3v) is 8.06. The molecule has 0 bridgehead atoms. The predicted molar refractivity (Wildman–Crippen MR) is 141 cm³/mol. The number of amides is 1. The van der Waals surface area contributed by atoms with Crippen LogP contribution >= 0.6 is 0 Å². The van der Waals surface area contributed by atoms with E-state index in [-0.39, 0.29) is 12.6 Å². The Morgan fingerprint density at radius 3 is 2.00 bits per heavy atom. The van der Waals surface area contributed by atoms with Gasteiger partial charge in [-0.3, -0.25) is 9.69 Å². The number of hydrogen-bond acceptors (Lipinski definition) is 3. The summed E-state index contributed by atoms with van der Waals surface area (Å²) in [4.78, 5) is 18.2. The molecule has 0 radical (unpaired) electrons. The van der Waals surface area contributed by atoms with E-state index in [1.165, 1.54) is 0 Å². The van der Waals surface area contributed by atoms with Crippen LogP contribution in [0.15, 0.2) is 60.7 Å². The number of nitrogens with zero attached hydrogens (tertiary/aromatic N) is 2. The van der Waals surface area contributed by atoms with Gasteiger partial charge in [0.2, 0.25) is 5.91 Å². The van der Waals surface area contributed by atoms with Crippen LogP contribution in [0, 0.1) is 29.2 Å². The fourth-order valence-corrected chi connectivity index (χ4v) is 6.07. The van der Waals surface area contributed by atoms with Gasteiger partial charge in [-0.25, -0.2) is 17.6 Å². The average Bonchev–Trinajstić information content (AvgIpc) is 3.50. The number of benzene rings is 3. The smallest absolute Gasteiger partial charge is 0.238 e. The van der Waals surface area contributed by atoms with Gasteiger partial charge in [-0.15, -0.1) is 0 Å². The summed E-state index contributed by atoms with van der Waals surface area (Å²) in [5.74, 6) is -7.42. The van der Waals surface area contributed by atoms with E-state index in [1.54, 1.807) is 36.1 Å². The number of rotatable bonds is 7. The summed E-state index contributed by atoms with van der Waals surface area (Å²) in [5.41, 5.74) is -0.813. The molecule has 2 heterocycles. The van der Waals surface area contributed by atoms with Gasteiger partial charge in [-0.2, -0.15) is 0 Å². The SMILES string of the molecule is C[C@@H](CN1CCOCC1)[C@](C(=O)N1CCCC1)(c1ccc(-c2ccccc2)cc1)c1c(F)c(F)cc(F)c1F. The number of carbonyl (C=O) groups excluding carboxylic acids is 1. The minimum atomic E-state index is -2.00. The van der Waals surface area contributed by atoms with E-state index in [0.29, 0.717) is 45.0 Å². The fourth-order valence-electron chi connectivity index (χ4n) is 6.07. The molecule has 0 N–H and O–H groups in total. The molecular formula is C31H32F4N2O2. The van der Waals surface area contributed by atoms with Crippen LogP contribution in [0.2, 0.25) is 0 Å². The maximum Gasteiger partial charge on any atom is 0.238 e. The molecule has 1 amide bonds. The van der Waals surface area contributed by atoms with Gasteiger partial charge in [-0.1, -0.05) is 61.5 Å². The van der Waals surface area contributed by atoms with Crippen LogP contribution in [-0.2, 0) is 14.9 Å². The zero-order chi connectivity index (χ0) is 27.6. The van der Waals surface area contributed by atoms with E-state index in [9.17, 15) is 13.6 Å². The third kappa shape index (κ3) is 5.08. The molecule has 8 heteroatoms. The molecule has 3 aromatic rings. The summed E-state index contributed by atoms with van der Waals surface area (Å²) < 4.78 is 66.6. The molecule has 2 saturated heterocycles. The zero-order valence-electron chi connectivity index (χ0n) is 21.9. The van der Waals surface area contributed by atoms with Crippen molar-refractivity contribution in [2.75, 3.05) is 45.9 Å². The lowest BCUT2D eigenvalue weighted by atomic mass is 9.64. The van der Waals surface area contributed by atoms with E-state index in [2.05, 4.69) is 4.90 Å². The number of halogens is 4. The van der Waals surface area contributed by atoms with Crippen molar-refractivity contribution < 1.29 is 27.1 Å². The number of hydrogen-bond donors (Lipinski definition) is 0. The van der Waals surface area contributed by atoms with Gasteiger partial charge in [0.1, 0.15) is 5.41 Å². The van der Waals surface area contributed by atoms with Crippen LogP contribution in [0.1, 0.15) is 30.9 Å². The van der Waals surface area contributed by atoms with Crippen LogP contribution in [0.3, 0.4) is 0 Å². The number of carbonyl (C=O) groups is 1. The highest BCUT2D eigenvalue weighted by Crippen LogP contribution is 2.46. The molecule has 0 spiro atoms. The van der Waals surface area contributed by atoms with Gasteiger partial charge in [0.25, 0.3) is 0 Å². The lowest BCUT2D eigenvalue weighted by molar-refractivity contribution is -0.137. The first-order chi connectivity index (χ1) is 18.8. The number of likely N-dealkylation sites (tertiary alicyclic amines) is 1. The Morgan fingerprint density at radius 1 is 0.846 bits per heavy atom. The molecule has 39 heavy (non-hydrogen) atoms. The first-order valence-corrected chi connectivity index (χ1v) is 13.4. The first kappa shape index (κ1) is 27.3. The van der Waals surface area contributed by atoms with Crippen LogP contribution in [0.25, 0.3) is 11.1 Å². The molecule has 2 atom stereocenters. The predicted octanol–water partition coefficient (Wildman–Crippen LogP) is 5.79. The van der Waals surface area contributed by atoms with Gasteiger partial charge in [-0.05, 0) is 35.4 Å².